The number of methoxy groups -OCH3 is 1. The van der Waals surface area contributed by atoms with Crippen molar-refractivity contribution >= 4 is 28.3 Å². The maximum atomic E-state index is 12.9. The van der Waals surface area contributed by atoms with Crippen LogP contribution in [0.15, 0.2) is 23.1 Å². The van der Waals surface area contributed by atoms with Gasteiger partial charge in [-0.3, -0.25) is 4.79 Å². The van der Waals surface area contributed by atoms with E-state index in [1.165, 1.54) is 19.6 Å². The molecule has 4 N–H and O–H groups in total. The number of carbonyl (C=O) groups is 1. The summed E-state index contributed by atoms with van der Waals surface area (Å²) in [6.45, 7) is 2.25. The van der Waals surface area contributed by atoms with E-state index in [0.717, 1.165) is 25.7 Å². The van der Waals surface area contributed by atoms with E-state index in [1.807, 2.05) is 0 Å². The SMILES string of the molecule is CCC(=O)NCc1cc(S(=O)(=O)NC(CN)C2CCCCC2)ccc1OC.Cl. The number of sulfonamides is 1. The second-order valence-electron chi connectivity index (χ2n) is 6.97. The number of rotatable bonds is 9. The number of nitrogens with one attached hydrogen (secondary N) is 2. The topological polar surface area (TPSA) is 111 Å². The van der Waals surface area contributed by atoms with Gasteiger partial charge in [-0.1, -0.05) is 26.2 Å². The quantitative estimate of drug-likeness (QED) is 0.553. The summed E-state index contributed by atoms with van der Waals surface area (Å²) in [6, 6.07) is 4.41. The van der Waals surface area contributed by atoms with Crippen LogP contribution in [-0.4, -0.2) is 34.0 Å². The number of hydrogen-bond acceptors (Lipinski definition) is 5. The number of halogens is 1. The molecule has 9 heteroatoms. The molecule has 0 aromatic heterocycles. The number of carbonyl (C=O) groups excluding carboxylic acids is 1. The van der Waals surface area contributed by atoms with Crippen molar-refractivity contribution in [1.82, 2.24) is 10.0 Å². The van der Waals surface area contributed by atoms with Crippen LogP contribution in [0.1, 0.15) is 51.0 Å². The van der Waals surface area contributed by atoms with E-state index in [-0.39, 0.29) is 48.3 Å². The monoisotopic (exact) mass is 433 g/mol. The van der Waals surface area contributed by atoms with Gasteiger partial charge in [0, 0.05) is 31.1 Å². The Hall–Kier alpha value is -1.35. The van der Waals surface area contributed by atoms with Crippen LogP contribution in [-0.2, 0) is 21.4 Å². The largest absolute Gasteiger partial charge is 0.496 e. The Morgan fingerprint density at radius 2 is 1.96 bits per heavy atom. The van der Waals surface area contributed by atoms with E-state index in [1.54, 1.807) is 19.1 Å². The lowest BCUT2D eigenvalue weighted by Gasteiger charge is -2.30. The molecule has 0 aliphatic heterocycles. The average Bonchev–Trinajstić information content (AvgIpc) is 2.70. The van der Waals surface area contributed by atoms with Gasteiger partial charge in [0.15, 0.2) is 0 Å². The minimum atomic E-state index is -3.71. The number of hydrogen-bond donors (Lipinski definition) is 3. The van der Waals surface area contributed by atoms with Crippen molar-refractivity contribution < 1.29 is 17.9 Å². The molecule has 2 rings (SSSR count). The Morgan fingerprint density at radius 1 is 1.29 bits per heavy atom. The van der Waals surface area contributed by atoms with Gasteiger partial charge in [0.05, 0.1) is 12.0 Å². The van der Waals surface area contributed by atoms with Gasteiger partial charge < -0.3 is 15.8 Å². The van der Waals surface area contributed by atoms with Crippen LogP contribution in [0.25, 0.3) is 0 Å². The second-order valence-corrected chi connectivity index (χ2v) is 8.68. The molecule has 1 amide bonds. The smallest absolute Gasteiger partial charge is 0.240 e. The molecule has 0 saturated heterocycles. The van der Waals surface area contributed by atoms with Crippen molar-refractivity contribution in [3.63, 3.8) is 0 Å². The lowest BCUT2D eigenvalue weighted by molar-refractivity contribution is -0.120. The lowest BCUT2D eigenvalue weighted by Crippen LogP contribution is -2.45. The zero-order chi connectivity index (χ0) is 19.9. The third-order valence-electron chi connectivity index (χ3n) is 5.14. The van der Waals surface area contributed by atoms with E-state index in [9.17, 15) is 13.2 Å². The summed E-state index contributed by atoms with van der Waals surface area (Å²) in [5.41, 5.74) is 6.48. The molecule has 1 unspecified atom stereocenters. The zero-order valence-electron chi connectivity index (χ0n) is 16.6. The van der Waals surface area contributed by atoms with Gasteiger partial charge in [0.2, 0.25) is 15.9 Å². The summed E-state index contributed by atoms with van der Waals surface area (Å²) < 4.78 is 33.9. The van der Waals surface area contributed by atoms with Gasteiger partial charge in [-0.05, 0) is 37.0 Å². The molecule has 1 saturated carbocycles. The Kier molecular flexibility index (Phi) is 10.2. The standard InChI is InChI=1S/C19H31N3O4S.ClH/c1-3-19(23)21-13-15-11-16(9-10-18(15)26-2)27(24,25)22-17(12-20)14-7-5-4-6-8-14;/h9-11,14,17,22H,3-8,12-13,20H2,1-2H3,(H,21,23);1H. The van der Waals surface area contributed by atoms with Gasteiger partial charge in [-0.25, -0.2) is 13.1 Å². The van der Waals surface area contributed by atoms with Crippen molar-refractivity contribution in [2.24, 2.45) is 11.7 Å². The fraction of sp³-hybridized carbons (Fsp3) is 0.632. The van der Waals surface area contributed by atoms with E-state index in [0.29, 0.717) is 17.7 Å². The number of ether oxygens (including phenoxy) is 1. The molecule has 1 atom stereocenters. The van der Waals surface area contributed by atoms with Crippen LogP contribution < -0.4 is 20.5 Å². The normalized spacial score (nSPS) is 16.1. The highest BCUT2D eigenvalue weighted by Crippen LogP contribution is 2.28. The van der Waals surface area contributed by atoms with Crippen LogP contribution in [0.4, 0.5) is 0 Å². The molecular weight excluding hydrogens is 402 g/mol. The number of nitrogens with two attached hydrogens (primary N) is 1. The summed E-state index contributed by atoms with van der Waals surface area (Å²) in [7, 11) is -2.20. The van der Waals surface area contributed by atoms with Crippen molar-refractivity contribution in [2.45, 2.75) is 62.9 Å². The van der Waals surface area contributed by atoms with Crippen molar-refractivity contribution in [1.29, 1.82) is 0 Å². The molecule has 160 valence electrons. The molecule has 28 heavy (non-hydrogen) atoms. The van der Waals surface area contributed by atoms with Crippen LogP contribution in [0.3, 0.4) is 0 Å². The highest BCUT2D eigenvalue weighted by molar-refractivity contribution is 7.89. The first-order valence-corrected chi connectivity index (χ1v) is 11.1. The van der Waals surface area contributed by atoms with E-state index >= 15 is 0 Å². The maximum absolute atomic E-state index is 12.9. The van der Waals surface area contributed by atoms with Gasteiger partial charge in [-0.15, -0.1) is 12.4 Å². The Balaban J connectivity index is 0.00000392. The Bertz CT molecular complexity index is 737. The van der Waals surface area contributed by atoms with Crippen LogP contribution in [0.2, 0.25) is 0 Å². The first kappa shape index (κ1) is 24.7. The lowest BCUT2D eigenvalue weighted by atomic mass is 9.84. The fourth-order valence-corrected chi connectivity index (χ4v) is 4.89. The summed E-state index contributed by atoms with van der Waals surface area (Å²) >= 11 is 0. The minimum Gasteiger partial charge on any atom is -0.496 e. The zero-order valence-corrected chi connectivity index (χ0v) is 18.2. The van der Waals surface area contributed by atoms with Crippen LogP contribution in [0, 0.1) is 5.92 Å². The predicted molar refractivity (Wildman–Crippen MR) is 112 cm³/mol. The summed E-state index contributed by atoms with van der Waals surface area (Å²) in [6.07, 6.45) is 5.80. The average molecular weight is 434 g/mol. The molecular formula is C19H32ClN3O4S. The summed E-state index contributed by atoms with van der Waals surface area (Å²) in [5, 5.41) is 2.75. The predicted octanol–water partition coefficient (Wildman–Crippen LogP) is 2.33. The van der Waals surface area contributed by atoms with Gasteiger partial charge >= 0.3 is 0 Å². The maximum Gasteiger partial charge on any atom is 0.240 e. The third kappa shape index (κ3) is 6.62. The molecule has 0 radical (unpaired) electrons. The third-order valence-corrected chi connectivity index (χ3v) is 6.63. The molecule has 1 aromatic rings. The van der Waals surface area contributed by atoms with E-state index in [4.69, 9.17) is 10.5 Å². The first-order valence-electron chi connectivity index (χ1n) is 9.57. The second kappa shape index (κ2) is 11.6. The van der Waals surface area contributed by atoms with Crippen molar-refractivity contribution in [3.8, 4) is 5.75 Å². The van der Waals surface area contributed by atoms with Crippen molar-refractivity contribution in [2.75, 3.05) is 13.7 Å². The highest BCUT2D eigenvalue weighted by Gasteiger charge is 2.27. The van der Waals surface area contributed by atoms with Crippen LogP contribution >= 0.6 is 12.4 Å². The van der Waals surface area contributed by atoms with Crippen molar-refractivity contribution in [3.05, 3.63) is 23.8 Å². The molecule has 7 nitrogen and oxygen atoms in total. The molecule has 0 heterocycles. The number of amides is 1. The molecule has 1 aliphatic rings. The van der Waals surface area contributed by atoms with E-state index in [2.05, 4.69) is 10.0 Å². The molecule has 0 spiro atoms. The summed E-state index contributed by atoms with van der Waals surface area (Å²) in [5.74, 6) is 0.706. The summed E-state index contributed by atoms with van der Waals surface area (Å²) in [4.78, 5) is 11.7. The van der Waals surface area contributed by atoms with Gasteiger partial charge in [-0.2, -0.15) is 0 Å². The fourth-order valence-electron chi connectivity index (χ4n) is 3.52. The van der Waals surface area contributed by atoms with E-state index < -0.39 is 10.0 Å². The molecule has 0 bridgehead atoms. The van der Waals surface area contributed by atoms with Gasteiger partial charge in [0.1, 0.15) is 5.75 Å². The Labute approximate surface area is 174 Å². The minimum absolute atomic E-state index is 0. The van der Waals surface area contributed by atoms with Crippen LogP contribution in [0.5, 0.6) is 5.75 Å². The highest BCUT2D eigenvalue weighted by atomic mass is 35.5. The molecule has 1 aromatic carbocycles. The molecule has 1 aliphatic carbocycles. The number of benzene rings is 1. The Morgan fingerprint density at radius 3 is 2.54 bits per heavy atom. The first-order chi connectivity index (χ1) is 12.9. The van der Waals surface area contributed by atoms with Gasteiger partial charge in [0.25, 0.3) is 0 Å². The molecule has 1 fully saturated rings.